The van der Waals surface area contributed by atoms with Gasteiger partial charge in [0.15, 0.2) is 0 Å². The summed E-state index contributed by atoms with van der Waals surface area (Å²) in [6, 6.07) is 4.54. The summed E-state index contributed by atoms with van der Waals surface area (Å²) >= 11 is 0. The Morgan fingerprint density at radius 3 is 2.43 bits per heavy atom. The first-order chi connectivity index (χ1) is 10.8. The SMILES string of the molecule is CCCCCC(C)NC(=O)CN(C)S(=O)(=O)c1ccc(F)cc1. The number of likely N-dealkylation sites (N-methyl/N-ethyl adjacent to an activating group) is 1. The van der Waals surface area contributed by atoms with E-state index in [1.807, 2.05) is 6.92 Å². The van der Waals surface area contributed by atoms with Gasteiger partial charge >= 0.3 is 0 Å². The van der Waals surface area contributed by atoms with Gasteiger partial charge in [0.05, 0.1) is 11.4 Å². The minimum Gasteiger partial charge on any atom is -0.353 e. The molecule has 0 heterocycles. The second kappa shape index (κ2) is 8.98. The van der Waals surface area contributed by atoms with Gasteiger partial charge in [-0.15, -0.1) is 0 Å². The average Bonchev–Trinajstić information content (AvgIpc) is 2.47. The summed E-state index contributed by atoms with van der Waals surface area (Å²) < 4.78 is 38.4. The Hall–Kier alpha value is -1.47. The molecule has 1 atom stereocenters. The number of unbranched alkanes of at least 4 members (excludes halogenated alkanes) is 2. The Morgan fingerprint density at radius 1 is 1.26 bits per heavy atom. The number of carbonyl (C=O) groups excluding carboxylic acids is 1. The molecule has 1 unspecified atom stereocenters. The van der Waals surface area contributed by atoms with Gasteiger partial charge in [0.25, 0.3) is 0 Å². The van der Waals surface area contributed by atoms with Gasteiger partial charge in [-0.25, -0.2) is 12.8 Å². The number of nitrogens with one attached hydrogen (secondary N) is 1. The maximum atomic E-state index is 12.9. The molecule has 23 heavy (non-hydrogen) atoms. The van der Waals surface area contributed by atoms with E-state index in [2.05, 4.69) is 12.2 Å². The minimum absolute atomic E-state index is 0.0102. The zero-order valence-electron chi connectivity index (χ0n) is 13.9. The van der Waals surface area contributed by atoms with Crippen LogP contribution in [0.1, 0.15) is 39.5 Å². The molecule has 1 N–H and O–H groups in total. The van der Waals surface area contributed by atoms with Gasteiger partial charge in [-0.05, 0) is 37.6 Å². The largest absolute Gasteiger partial charge is 0.353 e. The van der Waals surface area contributed by atoms with Crippen LogP contribution in [-0.4, -0.2) is 38.3 Å². The summed E-state index contributed by atoms with van der Waals surface area (Å²) in [6.45, 7) is 3.75. The van der Waals surface area contributed by atoms with Crippen LogP contribution < -0.4 is 5.32 Å². The Morgan fingerprint density at radius 2 is 1.87 bits per heavy atom. The van der Waals surface area contributed by atoms with Gasteiger partial charge in [0.1, 0.15) is 5.82 Å². The molecule has 0 spiro atoms. The summed E-state index contributed by atoms with van der Waals surface area (Å²) in [5.41, 5.74) is 0. The fourth-order valence-corrected chi connectivity index (χ4v) is 3.29. The number of carbonyl (C=O) groups is 1. The Balaban J connectivity index is 2.58. The van der Waals surface area contributed by atoms with Crippen molar-refractivity contribution in [3.05, 3.63) is 30.1 Å². The molecule has 0 saturated carbocycles. The zero-order valence-corrected chi connectivity index (χ0v) is 14.7. The number of benzene rings is 1. The molecule has 0 aliphatic carbocycles. The van der Waals surface area contributed by atoms with Crippen LogP contribution in [0.5, 0.6) is 0 Å². The quantitative estimate of drug-likeness (QED) is 0.700. The number of hydrogen-bond donors (Lipinski definition) is 1. The second-order valence-electron chi connectivity index (χ2n) is 5.68. The van der Waals surface area contributed by atoms with E-state index >= 15 is 0 Å². The zero-order chi connectivity index (χ0) is 17.5. The molecule has 0 aliphatic heterocycles. The second-order valence-corrected chi connectivity index (χ2v) is 7.72. The van der Waals surface area contributed by atoms with Gasteiger partial charge < -0.3 is 5.32 Å². The molecule has 0 aromatic heterocycles. The summed E-state index contributed by atoms with van der Waals surface area (Å²) in [7, 11) is -2.47. The third-order valence-electron chi connectivity index (χ3n) is 3.54. The van der Waals surface area contributed by atoms with E-state index < -0.39 is 15.8 Å². The molecule has 0 aliphatic rings. The van der Waals surface area contributed by atoms with E-state index in [0.29, 0.717) is 0 Å². The molecule has 1 aromatic carbocycles. The molecule has 0 fully saturated rings. The third kappa shape index (κ3) is 6.27. The summed E-state index contributed by atoms with van der Waals surface area (Å²) in [5.74, 6) is -0.854. The number of halogens is 1. The van der Waals surface area contributed by atoms with Crippen LogP contribution >= 0.6 is 0 Å². The summed E-state index contributed by atoms with van der Waals surface area (Å²) in [6.07, 6.45) is 4.12. The molecule has 0 bridgehead atoms. The maximum Gasteiger partial charge on any atom is 0.243 e. The fourth-order valence-electron chi connectivity index (χ4n) is 2.17. The van der Waals surface area contributed by atoms with Crippen molar-refractivity contribution in [3.63, 3.8) is 0 Å². The molecular weight excluding hydrogens is 319 g/mol. The first kappa shape index (κ1) is 19.6. The lowest BCUT2D eigenvalue weighted by molar-refractivity contribution is -0.121. The van der Waals surface area contributed by atoms with E-state index in [0.717, 1.165) is 42.1 Å². The molecule has 5 nitrogen and oxygen atoms in total. The molecule has 1 rings (SSSR count). The van der Waals surface area contributed by atoms with E-state index in [4.69, 9.17) is 0 Å². The molecule has 1 aromatic rings. The van der Waals surface area contributed by atoms with Gasteiger partial charge in [0.2, 0.25) is 15.9 Å². The number of nitrogens with zero attached hydrogens (tertiary/aromatic N) is 1. The predicted octanol–water partition coefficient (Wildman–Crippen LogP) is 2.53. The van der Waals surface area contributed by atoms with Crippen LogP contribution in [0.25, 0.3) is 0 Å². The van der Waals surface area contributed by atoms with Crippen LogP contribution in [0.4, 0.5) is 4.39 Å². The highest BCUT2D eigenvalue weighted by molar-refractivity contribution is 7.89. The number of hydrogen-bond acceptors (Lipinski definition) is 3. The Bertz CT molecular complexity index is 602. The number of rotatable bonds is 9. The van der Waals surface area contributed by atoms with Crippen molar-refractivity contribution < 1.29 is 17.6 Å². The lowest BCUT2D eigenvalue weighted by Crippen LogP contribution is -2.41. The van der Waals surface area contributed by atoms with Crippen molar-refractivity contribution in [2.45, 2.75) is 50.5 Å². The molecule has 130 valence electrons. The van der Waals surface area contributed by atoms with E-state index in [1.54, 1.807) is 0 Å². The number of sulfonamides is 1. The van der Waals surface area contributed by atoms with Crippen LogP contribution in [0.3, 0.4) is 0 Å². The molecule has 7 heteroatoms. The van der Waals surface area contributed by atoms with Crippen molar-refractivity contribution in [1.29, 1.82) is 0 Å². The highest BCUT2D eigenvalue weighted by atomic mass is 32.2. The van der Waals surface area contributed by atoms with E-state index in [-0.39, 0.29) is 23.4 Å². The van der Waals surface area contributed by atoms with Crippen LogP contribution in [0.15, 0.2) is 29.2 Å². The smallest absolute Gasteiger partial charge is 0.243 e. The van der Waals surface area contributed by atoms with Crippen molar-refractivity contribution in [1.82, 2.24) is 9.62 Å². The molecule has 1 amide bonds. The highest BCUT2D eigenvalue weighted by Crippen LogP contribution is 2.14. The Kier molecular flexibility index (Phi) is 7.64. The first-order valence-electron chi connectivity index (χ1n) is 7.78. The summed E-state index contributed by atoms with van der Waals surface area (Å²) in [5, 5.41) is 2.80. The van der Waals surface area contributed by atoms with E-state index in [1.165, 1.54) is 19.2 Å². The minimum atomic E-state index is -3.80. The third-order valence-corrected chi connectivity index (χ3v) is 5.35. The van der Waals surface area contributed by atoms with Crippen molar-refractivity contribution in [2.24, 2.45) is 0 Å². The van der Waals surface area contributed by atoms with Crippen molar-refractivity contribution in [3.8, 4) is 0 Å². The molecule has 0 saturated heterocycles. The van der Waals surface area contributed by atoms with Crippen molar-refractivity contribution >= 4 is 15.9 Å². The normalized spacial score (nSPS) is 13.1. The predicted molar refractivity (Wildman–Crippen MR) is 88.0 cm³/mol. The highest BCUT2D eigenvalue weighted by Gasteiger charge is 2.23. The lowest BCUT2D eigenvalue weighted by Gasteiger charge is -2.19. The van der Waals surface area contributed by atoms with Crippen LogP contribution in [0, 0.1) is 5.82 Å². The first-order valence-corrected chi connectivity index (χ1v) is 9.22. The van der Waals surface area contributed by atoms with Crippen molar-refractivity contribution in [2.75, 3.05) is 13.6 Å². The van der Waals surface area contributed by atoms with Crippen LogP contribution in [0.2, 0.25) is 0 Å². The average molecular weight is 344 g/mol. The fraction of sp³-hybridized carbons (Fsp3) is 0.562. The monoisotopic (exact) mass is 344 g/mol. The Labute approximate surface area is 137 Å². The molecule has 0 radical (unpaired) electrons. The lowest BCUT2D eigenvalue weighted by atomic mass is 10.1. The molecular formula is C16H25FN2O3S. The van der Waals surface area contributed by atoms with E-state index in [9.17, 15) is 17.6 Å². The summed E-state index contributed by atoms with van der Waals surface area (Å²) in [4.78, 5) is 11.9. The maximum absolute atomic E-state index is 12.9. The standard InChI is InChI=1S/C16H25FN2O3S/c1-4-5-6-7-13(2)18-16(20)12-19(3)23(21,22)15-10-8-14(17)9-11-15/h8-11,13H,4-7,12H2,1-3H3,(H,18,20). The van der Waals surface area contributed by atoms with Gasteiger partial charge in [0, 0.05) is 13.1 Å². The van der Waals surface area contributed by atoms with Gasteiger partial charge in [-0.3, -0.25) is 4.79 Å². The van der Waals surface area contributed by atoms with Gasteiger partial charge in [-0.1, -0.05) is 26.2 Å². The topological polar surface area (TPSA) is 66.5 Å². The number of amides is 1. The van der Waals surface area contributed by atoms with Crippen LogP contribution in [-0.2, 0) is 14.8 Å². The van der Waals surface area contributed by atoms with Gasteiger partial charge in [-0.2, -0.15) is 4.31 Å².